The zero-order valence-electron chi connectivity index (χ0n) is 7.96. The van der Waals surface area contributed by atoms with Gasteiger partial charge in [-0.2, -0.15) is 0 Å². The van der Waals surface area contributed by atoms with E-state index in [1.54, 1.807) is 25.2 Å². The normalized spacial score (nSPS) is 12.4. The number of amides is 1. The summed E-state index contributed by atoms with van der Waals surface area (Å²) in [6.07, 6.45) is 0.276. The second kappa shape index (κ2) is 4.72. The maximum absolute atomic E-state index is 13.2. The molecule has 0 radical (unpaired) electrons. The molecule has 0 aliphatic heterocycles. The average Bonchev–Trinajstić information content (AvgIpc) is 2.16. The molecule has 1 atom stereocenters. The van der Waals surface area contributed by atoms with Gasteiger partial charge in [-0.1, -0.05) is 18.2 Å². The van der Waals surface area contributed by atoms with E-state index in [-0.39, 0.29) is 12.2 Å². The Labute approximate surface area is 82.1 Å². The topological polar surface area (TPSA) is 55.1 Å². The molecular weight excluding hydrogens is 183 g/mol. The quantitative estimate of drug-likeness (QED) is 0.734. The first-order valence-corrected chi connectivity index (χ1v) is 4.35. The molecule has 1 amide bonds. The molecule has 14 heavy (non-hydrogen) atoms. The summed E-state index contributed by atoms with van der Waals surface area (Å²) in [6, 6.07) is 5.82. The smallest absolute Gasteiger partial charge is 0.234 e. The van der Waals surface area contributed by atoms with Crippen LogP contribution in [0.2, 0.25) is 0 Å². The van der Waals surface area contributed by atoms with Crippen molar-refractivity contribution in [2.45, 2.75) is 12.5 Å². The number of likely N-dealkylation sites (N-methyl/N-ethyl adjacent to an activating group) is 1. The lowest BCUT2D eigenvalue weighted by atomic mass is 10.1. The Morgan fingerprint density at radius 3 is 2.71 bits per heavy atom. The van der Waals surface area contributed by atoms with Crippen LogP contribution in [0.4, 0.5) is 4.39 Å². The van der Waals surface area contributed by atoms with E-state index in [1.165, 1.54) is 6.07 Å². The molecule has 4 heteroatoms. The first-order chi connectivity index (χ1) is 6.65. The van der Waals surface area contributed by atoms with Crippen LogP contribution in [-0.2, 0) is 11.2 Å². The minimum Gasteiger partial charge on any atom is -0.368 e. The number of hydrogen-bond acceptors (Lipinski definition) is 2. The van der Waals surface area contributed by atoms with Gasteiger partial charge in [-0.3, -0.25) is 4.79 Å². The Kier molecular flexibility index (Phi) is 3.59. The molecule has 1 aromatic carbocycles. The van der Waals surface area contributed by atoms with Gasteiger partial charge >= 0.3 is 0 Å². The summed E-state index contributed by atoms with van der Waals surface area (Å²) >= 11 is 0. The summed E-state index contributed by atoms with van der Waals surface area (Å²) in [5.74, 6) is -0.787. The highest BCUT2D eigenvalue weighted by Crippen LogP contribution is 2.08. The van der Waals surface area contributed by atoms with E-state index in [4.69, 9.17) is 5.73 Å². The lowest BCUT2D eigenvalue weighted by Crippen LogP contribution is -2.40. The van der Waals surface area contributed by atoms with Crippen LogP contribution in [0, 0.1) is 5.82 Å². The van der Waals surface area contributed by atoms with Gasteiger partial charge in [0.05, 0.1) is 6.04 Å². The standard InChI is InChI=1S/C10H13FN2O/c1-13-9(10(12)14)6-7-4-2-3-5-8(7)11/h2-5,9,13H,6H2,1H3,(H2,12,14)/t9-/m1/s1. The van der Waals surface area contributed by atoms with Gasteiger partial charge in [0.1, 0.15) is 5.82 Å². The number of halogens is 1. The molecule has 3 nitrogen and oxygen atoms in total. The van der Waals surface area contributed by atoms with Crippen molar-refractivity contribution in [3.63, 3.8) is 0 Å². The van der Waals surface area contributed by atoms with Gasteiger partial charge in [0, 0.05) is 0 Å². The first kappa shape index (κ1) is 10.7. The van der Waals surface area contributed by atoms with Crippen LogP contribution in [0.3, 0.4) is 0 Å². The van der Waals surface area contributed by atoms with Crippen LogP contribution in [-0.4, -0.2) is 19.0 Å². The Morgan fingerprint density at radius 1 is 1.57 bits per heavy atom. The van der Waals surface area contributed by atoms with Gasteiger partial charge < -0.3 is 11.1 Å². The largest absolute Gasteiger partial charge is 0.368 e. The molecule has 0 bridgehead atoms. The number of rotatable bonds is 4. The second-order valence-electron chi connectivity index (χ2n) is 3.04. The first-order valence-electron chi connectivity index (χ1n) is 4.35. The van der Waals surface area contributed by atoms with Gasteiger partial charge in [-0.05, 0) is 25.1 Å². The highest BCUT2D eigenvalue weighted by atomic mass is 19.1. The minimum atomic E-state index is -0.521. The van der Waals surface area contributed by atoms with E-state index >= 15 is 0 Å². The van der Waals surface area contributed by atoms with E-state index in [1.807, 2.05) is 0 Å². The molecule has 76 valence electrons. The molecule has 0 spiro atoms. The highest BCUT2D eigenvalue weighted by molar-refractivity contribution is 5.80. The van der Waals surface area contributed by atoms with Crippen molar-refractivity contribution in [2.24, 2.45) is 5.73 Å². The number of primary amides is 1. The molecule has 0 aliphatic rings. The van der Waals surface area contributed by atoms with Gasteiger partial charge in [-0.15, -0.1) is 0 Å². The fraction of sp³-hybridized carbons (Fsp3) is 0.300. The summed E-state index contributed by atoms with van der Waals surface area (Å²) in [7, 11) is 1.62. The molecule has 1 aromatic rings. The van der Waals surface area contributed by atoms with Crippen molar-refractivity contribution >= 4 is 5.91 Å². The van der Waals surface area contributed by atoms with E-state index in [0.717, 1.165) is 0 Å². The Bertz CT molecular complexity index is 328. The van der Waals surface area contributed by atoms with Crippen LogP contribution in [0.15, 0.2) is 24.3 Å². The van der Waals surface area contributed by atoms with Crippen LogP contribution in [0.1, 0.15) is 5.56 Å². The summed E-state index contributed by atoms with van der Waals surface area (Å²) in [5.41, 5.74) is 5.61. The predicted molar refractivity (Wildman–Crippen MR) is 52.1 cm³/mol. The molecular formula is C10H13FN2O. The third-order valence-corrected chi connectivity index (χ3v) is 2.07. The number of benzene rings is 1. The van der Waals surface area contributed by atoms with E-state index < -0.39 is 11.9 Å². The van der Waals surface area contributed by atoms with Crippen molar-refractivity contribution in [3.05, 3.63) is 35.6 Å². The summed E-state index contributed by atoms with van der Waals surface area (Å²) in [4.78, 5) is 10.9. The lowest BCUT2D eigenvalue weighted by molar-refractivity contribution is -0.119. The number of carbonyl (C=O) groups excluding carboxylic acids is 1. The van der Waals surface area contributed by atoms with Crippen molar-refractivity contribution in [2.75, 3.05) is 7.05 Å². The Balaban J connectivity index is 2.77. The fourth-order valence-corrected chi connectivity index (χ4v) is 1.23. The Hall–Kier alpha value is -1.42. The maximum atomic E-state index is 13.2. The van der Waals surface area contributed by atoms with Gasteiger partial charge in [-0.25, -0.2) is 4.39 Å². The van der Waals surface area contributed by atoms with Crippen molar-refractivity contribution < 1.29 is 9.18 Å². The lowest BCUT2D eigenvalue weighted by Gasteiger charge is -2.12. The molecule has 0 unspecified atom stereocenters. The van der Waals surface area contributed by atoms with Crippen LogP contribution in [0.5, 0.6) is 0 Å². The molecule has 3 N–H and O–H groups in total. The fourth-order valence-electron chi connectivity index (χ4n) is 1.23. The molecule has 0 saturated carbocycles. The second-order valence-corrected chi connectivity index (χ2v) is 3.04. The zero-order valence-corrected chi connectivity index (χ0v) is 7.96. The van der Waals surface area contributed by atoms with Crippen LogP contribution < -0.4 is 11.1 Å². The highest BCUT2D eigenvalue weighted by Gasteiger charge is 2.14. The number of carbonyl (C=O) groups is 1. The summed E-state index contributed by atoms with van der Waals surface area (Å²) in [6.45, 7) is 0. The molecule has 1 rings (SSSR count). The van der Waals surface area contributed by atoms with Crippen LogP contribution >= 0.6 is 0 Å². The monoisotopic (exact) mass is 196 g/mol. The average molecular weight is 196 g/mol. The van der Waals surface area contributed by atoms with E-state index in [2.05, 4.69) is 5.32 Å². The van der Waals surface area contributed by atoms with E-state index in [9.17, 15) is 9.18 Å². The predicted octanol–water partition coefficient (Wildman–Crippen LogP) is 0.441. The van der Waals surface area contributed by atoms with Crippen molar-refractivity contribution in [3.8, 4) is 0 Å². The molecule has 0 heterocycles. The van der Waals surface area contributed by atoms with Gasteiger partial charge in [0.15, 0.2) is 0 Å². The van der Waals surface area contributed by atoms with Crippen molar-refractivity contribution in [1.29, 1.82) is 0 Å². The van der Waals surface area contributed by atoms with Gasteiger partial charge in [0.25, 0.3) is 0 Å². The summed E-state index contributed by atoms with van der Waals surface area (Å²) in [5, 5.41) is 2.74. The molecule has 0 aliphatic carbocycles. The Morgan fingerprint density at radius 2 is 2.21 bits per heavy atom. The minimum absolute atomic E-state index is 0.276. The number of nitrogens with two attached hydrogens (primary N) is 1. The van der Waals surface area contributed by atoms with E-state index in [0.29, 0.717) is 5.56 Å². The number of nitrogens with one attached hydrogen (secondary N) is 1. The van der Waals surface area contributed by atoms with Crippen LogP contribution in [0.25, 0.3) is 0 Å². The van der Waals surface area contributed by atoms with Crippen molar-refractivity contribution in [1.82, 2.24) is 5.32 Å². The maximum Gasteiger partial charge on any atom is 0.234 e. The molecule has 0 aromatic heterocycles. The third-order valence-electron chi connectivity index (χ3n) is 2.07. The number of hydrogen-bond donors (Lipinski definition) is 2. The third kappa shape index (κ3) is 2.53. The summed E-state index contributed by atoms with van der Waals surface area (Å²) < 4.78 is 13.2. The zero-order chi connectivity index (χ0) is 10.6. The molecule has 0 fully saturated rings. The molecule has 0 saturated heterocycles. The SMILES string of the molecule is CN[C@H](Cc1ccccc1F)C(N)=O. The van der Waals surface area contributed by atoms with Gasteiger partial charge in [0.2, 0.25) is 5.91 Å².